The van der Waals surface area contributed by atoms with Gasteiger partial charge < -0.3 is 9.84 Å². The number of hydrogen-bond donors (Lipinski definition) is 1. The Kier molecular flexibility index (Phi) is 5.37. The summed E-state index contributed by atoms with van der Waals surface area (Å²) in [4.78, 5) is 36.7. The maximum absolute atomic E-state index is 13.3. The van der Waals surface area contributed by atoms with Crippen molar-refractivity contribution in [2.24, 2.45) is 0 Å². The molecule has 1 amide bonds. The van der Waals surface area contributed by atoms with E-state index in [1.54, 1.807) is 37.7 Å². The summed E-state index contributed by atoms with van der Waals surface area (Å²) in [5.74, 6) is -1.02. The van der Waals surface area contributed by atoms with Gasteiger partial charge in [0.2, 0.25) is 0 Å². The maximum Gasteiger partial charge on any atom is 0.301 e. The molecule has 4 aromatic rings. The van der Waals surface area contributed by atoms with Crippen LogP contribution in [0.1, 0.15) is 28.3 Å². The molecule has 2 aromatic heterocycles. The zero-order valence-electron chi connectivity index (χ0n) is 18.8. The molecule has 0 aliphatic carbocycles. The molecule has 34 heavy (non-hydrogen) atoms. The van der Waals surface area contributed by atoms with E-state index in [1.165, 1.54) is 16.2 Å². The van der Waals surface area contributed by atoms with Gasteiger partial charge in [0.05, 0.1) is 28.9 Å². The van der Waals surface area contributed by atoms with E-state index >= 15 is 0 Å². The number of amides is 1. The summed E-state index contributed by atoms with van der Waals surface area (Å²) in [7, 11) is 1.58. The molecule has 1 saturated heterocycles. The number of ketones is 1. The van der Waals surface area contributed by atoms with E-state index in [9.17, 15) is 14.7 Å². The van der Waals surface area contributed by atoms with Gasteiger partial charge in [0, 0.05) is 18.0 Å². The summed E-state index contributed by atoms with van der Waals surface area (Å²) in [6.45, 7) is 3.76. The number of methoxy groups -OCH3 is 1. The van der Waals surface area contributed by atoms with Crippen molar-refractivity contribution < 1.29 is 19.4 Å². The van der Waals surface area contributed by atoms with Crippen molar-refractivity contribution in [1.29, 1.82) is 0 Å². The molecule has 2 aromatic carbocycles. The van der Waals surface area contributed by atoms with E-state index in [-0.39, 0.29) is 11.3 Å². The lowest BCUT2D eigenvalue weighted by Crippen LogP contribution is -2.29. The Labute approximate surface area is 200 Å². The van der Waals surface area contributed by atoms with E-state index < -0.39 is 17.7 Å². The number of anilines is 1. The van der Waals surface area contributed by atoms with E-state index in [0.29, 0.717) is 27.5 Å². The summed E-state index contributed by atoms with van der Waals surface area (Å²) in [6, 6.07) is 13.7. The molecule has 0 radical (unpaired) electrons. The molecular weight excluding hydrogens is 450 g/mol. The third-order valence-corrected chi connectivity index (χ3v) is 6.92. The molecule has 1 aliphatic rings. The van der Waals surface area contributed by atoms with Crippen molar-refractivity contribution >= 4 is 44.1 Å². The minimum atomic E-state index is -0.842. The van der Waals surface area contributed by atoms with Crippen LogP contribution < -0.4 is 9.64 Å². The van der Waals surface area contributed by atoms with Crippen molar-refractivity contribution in [3.05, 3.63) is 88.8 Å². The van der Waals surface area contributed by atoms with Crippen molar-refractivity contribution in [2.45, 2.75) is 19.9 Å². The highest BCUT2D eigenvalue weighted by molar-refractivity contribution is 7.22. The van der Waals surface area contributed by atoms with E-state index in [1.807, 2.05) is 44.2 Å². The average molecular weight is 472 g/mol. The number of rotatable bonds is 4. The molecule has 1 unspecified atom stereocenters. The van der Waals surface area contributed by atoms with Crippen LogP contribution >= 0.6 is 11.3 Å². The van der Waals surface area contributed by atoms with Gasteiger partial charge in [0.15, 0.2) is 5.13 Å². The Morgan fingerprint density at radius 3 is 2.56 bits per heavy atom. The van der Waals surface area contributed by atoms with Crippen LogP contribution in [0.5, 0.6) is 5.75 Å². The Balaban J connectivity index is 1.73. The van der Waals surface area contributed by atoms with Crippen molar-refractivity contribution in [2.75, 3.05) is 12.0 Å². The standard InChI is InChI=1S/C26H21N3O4S/c1-14-4-5-15(2)18(12-14)23(30)21-22(16-8-10-27-11-9-16)29(25(32)24(21)31)26-28-19-7-6-17(33-3)13-20(19)34-26/h4-13,22,30H,1-3H3. The molecule has 0 bridgehead atoms. The van der Waals surface area contributed by atoms with Crippen molar-refractivity contribution in [3.63, 3.8) is 0 Å². The number of pyridine rings is 1. The fourth-order valence-electron chi connectivity index (χ4n) is 4.15. The summed E-state index contributed by atoms with van der Waals surface area (Å²) in [5, 5.41) is 11.7. The Morgan fingerprint density at radius 1 is 1.06 bits per heavy atom. The second-order valence-corrected chi connectivity index (χ2v) is 9.11. The lowest BCUT2D eigenvalue weighted by Gasteiger charge is -2.23. The predicted octanol–water partition coefficient (Wildman–Crippen LogP) is 4.94. The first-order valence-electron chi connectivity index (χ1n) is 10.6. The van der Waals surface area contributed by atoms with Crippen molar-refractivity contribution in [3.8, 4) is 5.75 Å². The van der Waals surface area contributed by atoms with Gasteiger partial charge in [-0.15, -0.1) is 0 Å². The quantitative estimate of drug-likeness (QED) is 0.257. The molecule has 170 valence electrons. The zero-order chi connectivity index (χ0) is 24.0. The number of aromatic nitrogens is 2. The number of Topliss-reactive ketones (excluding diaryl/α,β-unsaturated/α-hetero) is 1. The Morgan fingerprint density at radius 2 is 1.82 bits per heavy atom. The van der Waals surface area contributed by atoms with Crippen LogP contribution in [0, 0.1) is 13.8 Å². The molecule has 0 saturated carbocycles. The minimum Gasteiger partial charge on any atom is -0.507 e. The van der Waals surface area contributed by atoms with Crippen LogP contribution in [0.3, 0.4) is 0 Å². The fraction of sp³-hybridized carbons (Fsp3) is 0.154. The lowest BCUT2D eigenvalue weighted by molar-refractivity contribution is -0.132. The average Bonchev–Trinajstić information content (AvgIpc) is 3.38. The number of ether oxygens (including phenoxy) is 1. The number of nitrogens with zero attached hydrogens (tertiary/aromatic N) is 3. The highest BCUT2D eigenvalue weighted by atomic mass is 32.1. The summed E-state index contributed by atoms with van der Waals surface area (Å²) in [5.41, 5.74) is 3.62. The molecule has 1 aliphatic heterocycles. The Hall–Kier alpha value is -4.04. The Bertz CT molecular complexity index is 1480. The molecule has 8 heteroatoms. The third kappa shape index (κ3) is 3.52. The number of hydrogen-bond acceptors (Lipinski definition) is 7. The fourth-order valence-corrected chi connectivity index (χ4v) is 5.17. The van der Waals surface area contributed by atoms with Crippen LogP contribution in [0.25, 0.3) is 16.0 Å². The number of thiazole rings is 1. The maximum atomic E-state index is 13.3. The van der Waals surface area contributed by atoms with E-state index in [4.69, 9.17) is 4.74 Å². The molecule has 1 fully saturated rings. The minimum absolute atomic E-state index is 0.0294. The molecular formula is C26H21N3O4S. The van der Waals surface area contributed by atoms with Gasteiger partial charge in [0.1, 0.15) is 11.5 Å². The van der Waals surface area contributed by atoms with Crippen LogP contribution in [0.15, 0.2) is 66.5 Å². The highest BCUT2D eigenvalue weighted by Gasteiger charge is 2.48. The first-order valence-corrected chi connectivity index (χ1v) is 11.4. The van der Waals surface area contributed by atoms with Crippen molar-refractivity contribution in [1.82, 2.24) is 9.97 Å². The normalized spacial score (nSPS) is 17.5. The molecule has 7 nitrogen and oxygen atoms in total. The summed E-state index contributed by atoms with van der Waals surface area (Å²) < 4.78 is 6.12. The van der Waals surface area contributed by atoms with E-state index in [0.717, 1.165) is 15.8 Å². The largest absolute Gasteiger partial charge is 0.507 e. The third-order valence-electron chi connectivity index (χ3n) is 5.90. The molecule has 3 heterocycles. The monoisotopic (exact) mass is 471 g/mol. The highest BCUT2D eigenvalue weighted by Crippen LogP contribution is 2.44. The van der Waals surface area contributed by atoms with Gasteiger partial charge in [-0.3, -0.25) is 19.5 Å². The second-order valence-electron chi connectivity index (χ2n) is 8.10. The van der Waals surface area contributed by atoms with Gasteiger partial charge in [-0.1, -0.05) is 29.0 Å². The summed E-state index contributed by atoms with van der Waals surface area (Å²) >= 11 is 1.29. The second kappa shape index (κ2) is 8.39. The first kappa shape index (κ1) is 21.8. The number of carbonyl (C=O) groups is 2. The van der Waals surface area contributed by atoms with Crippen LogP contribution in [-0.2, 0) is 9.59 Å². The molecule has 0 spiro atoms. The zero-order valence-corrected chi connectivity index (χ0v) is 19.6. The van der Waals surface area contributed by atoms with Crippen LogP contribution in [-0.4, -0.2) is 33.9 Å². The van der Waals surface area contributed by atoms with Gasteiger partial charge in [-0.05, 0) is 61.4 Å². The molecule has 1 atom stereocenters. The number of fused-ring (bicyclic) bond motifs is 1. The van der Waals surface area contributed by atoms with Gasteiger partial charge in [-0.25, -0.2) is 4.98 Å². The van der Waals surface area contributed by atoms with Crippen LogP contribution in [0.2, 0.25) is 0 Å². The lowest BCUT2D eigenvalue weighted by atomic mass is 9.94. The number of aliphatic hydroxyl groups is 1. The number of aliphatic hydroxyl groups excluding tert-OH is 1. The molecule has 1 N–H and O–H groups in total. The number of carbonyl (C=O) groups excluding carboxylic acids is 2. The molecule has 5 rings (SSSR count). The smallest absolute Gasteiger partial charge is 0.301 e. The number of aryl methyl sites for hydroxylation is 2. The first-order chi connectivity index (χ1) is 16.4. The predicted molar refractivity (Wildman–Crippen MR) is 131 cm³/mol. The van der Waals surface area contributed by atoms with Gasteiger partial charge in [0.25, 0.3) is 5.78 Å². The number of benzene rings is 2. The van der Waals surface area contributed by atoms with Gasteiger partial charge in [-0.2, -0.15) is 0 Å². The topological polar surface area (TPSA) is 92.6 Å². The summed E-state index contributed by atoms with van der Waals surface area (Å²) in [6.07, 6.45) is 3.19. The SMILES string of the molecule is COc1ccc2nc(N3C(=O)C(=O)C(=C(O)c4cc(C)ccc4C)C3c3ccncc3)sc2c1. The van der Waals surface area contributed by atoms with Crippen LogP contribution in [0.4, 0.5) is 5.13 Å². The van der Waals surface area contributed by atoms with Gasteiger partial charge >= 0.3 is 5.91 Å². The van der Waals surface area contributed by atoms with E-state index in [2.05, 4.69) is 9.97 Å².